The molecule has 0 spiro atoms. The van der Waals surface area contributed by atoms with Crippen molar-refractivity contribution >= 4 is 34.4 Å². The molecule has 0 aliphatic heterocycles. The number of likely N-dealkylation sites (N-methyl/N-ethyl adjacent to an activating group) is 2. The summed E-state index contributed by atoms with van der Waals surface area (Å²) in [7, 11) is 5.46. The van der Waals surface area contributed by atoms with Crippen molar-refractivity contribution in [3.63, 3.8) is 0 Å². The number of pyridine rings is 1. The number of anilines is 2. The van der Waals surface area contributed by atoms with E-state index >= 15 is 0 Å². The molecule has 0 unspecified atom stereocenters. The Morgan fingerprint density at radius 1 is 1.11 bits per heavy atom. The van der Waals surface area contributed by atoms with Gasteiger partial charge in [-0.05, 0) is 64.9 Å². The van der Waals surface area contributed by atoms with E-state index in [1.165, 1.54) is 23.4 Å². The maximum Gasteiger partial charge on any atom is 0.419 e. The number of carbonyl (C=O) groups is 2. The van der Waals surface area contributed by atoms with Crippen molar-refractivity contribution in [3.8, 4) is 11.3 Å². The van der Waals surface area contributed by atoms with Crippen molar-refractivity contribution in [1.29, 1.82) is 0 Å². The maximum atomic E-state index is 14.0. The number of benzene rings is 1. The van der Waals surface area contributed by atoms with Crippen molar-refractivity contribution in [3.05, 3.63) is 78.4 Å². The zero-order valence-electron chi connectivity index (χ0n) is 26.2. The molecule has 242 valence electrons. The number of aromatic nitrogens is 4. The highest BCUT2D eigenvalue weighted by Crippen LogP contribution is 2.39. The Hall–Kier alpha value is -4.78. The number of H-pyrrole nitrogens is 1. The first kappa shape index (κ1) is 32.6. The highest BCUT2D eigenvalue weighted by Gasteiger charge is 2.37. The highest BCUT2D eigenvalue weighted by atomic mass is 19.4. The molecule has 4 aromatic rings. The van der Waals surface area contributed by atoms with Gasteiger partial charge in [0.1, 0.15) is 11.3 Å². The number of hydrogen-bond acceptors (Lipinski definition) is 7. The fraction of sp³-hybridized carbons (Fsp3) is 0.364. The smallest absolute Gasteiger partial charge is 0.360 e. The molecule has 3 N–H and O–H groups in total. The Labute approximate surface area is 265 Å². The van der Waals surface area contributed by atoms with E-state index in [1.54, 1.807) is 49.5 Å². The normalized spacial score (nSPS) is 18.7. The van der Waals surface area contributed by atoms with Crippen LogP contribution >= 0.6 is 0 Å². The predicted octanol–water partition coefficient (Wildman–Crippen LogP) is 5.66. The molecule has 3 heterocycles. The van der Waals surface area contributed by atoms with Gasteiger partial charge in [0, 0.05) is 60.1 Å². The Balaban J connectivity index is 1.27. The van der Waals surface area contributed by atoms with Crippen LogP contribution in [0.2, 0.25) is 0 Å². The zero-order chi connectivity index (χ0) is 33.1. The van der Waals surface area contributed by atoms with E-state index in [1.807, 2.05) is 25.9 Å². The lowest BCUT2D eigenvalue weighted by Crippen LogP contribution is -2.51. The molecule has 0 bridgehead atoms. The number of hydrogen-bond donors (Lipinski definition) is 3. The molecule has 1 aliphatic carbocycles. The highest BCUT2D eigenvalue weighted by molar-refractivity contribution is 6.01. The molecule has 3 aromatic heterocycles. The summed E-state index contributed by atoms with van der Waals surface area (Å²) in [5.74, 6) is -0.483. The van der Waals surface area contributed by atoms with Gasteiger partial charge < -0.3 is 25.4 Å². The van der Waals surface area contributed by atoms with E-state index in [4.69, 9.17) is 0 Å². The summed E-state index contributed by atoms with van der Waals surface area (Å²) in [5.41, 5.74) is 0.0625. The van der Waals surface area contributed by atoms with Crippen LogP contribution < -0.4 is 15.5 Å². The molecule has 5 rings (SSSR count). The fourth-order valence-electron chi connectivity index (χ4n) is 5.70. The topological polar surface area (TPSA) is 119 Å². The predicted molar refractivity (Wildman–Crippen MR) is 171 cm³/mol. The van der Waals surface area contributed by atoms with Gasteiger partial charge in [0.2, 0.25) is 11.9 Å². The van der Waals surface area contributed by atoms with Crippen LogP contribution in [-0.4, -0.2) is 75.9 Å². The van der Waals surface area contributed by atoms with Crippen LogP contribution in [0.4, 0.5) is 24.8 Å². The molecule has 2 atom stereocenters. The van der Waals surface area contributed by atoms with Gasteiger partial charge in [-0.1, -0.05) is 24.3 Å². The molecule has 0 saturated heterocycles. The van der Waals surface area contributed by atoms with Crippen LogP contribution in [0.15, 0.2) is 67.1 Å². The molecule has 0 radical (unpaired) electrons. The number of amides is 2. The second-order valence-corrected chi connectivity index (χ2v) is 12.1. The van der Waals surface area contributed by atoms with E-state index in [-0.39, 0.29) is 35.2 Å². The minimum Gasteiger partial charge on any atom is -0.360 e. The number of aromatic amines is 1. The first-order chi connectivity index (χ1) is 21.8. The van der Waals surface area contributed by atoms with Crippen molar-refractivity contribution in [2.24, 2.45) is 0 Å². The van der Waals surface area contributed by atoms with Crippen molar-refractivity contribution in [1.82, 2.24) is 30.2 Å². The number of nitrogens with one attached hydrogen (secondary N) is 3. The molecule has 1 saturated carbocycles. The molecule has 1 fully saturated rings. The minimum atomic E-state index is -4.64. The maximum absolute atomic E-state index is 14.0. The summed E-state index contributed by atoms with van der Waals surface area (Å²) >= 11 is 0. The van der Waals surface area contributed by atoms with E-state index < -0.39 is 17.3 Å². The lowest BCUT2D eigenvalue weighted by molar-refractivity contribution is -0.137. The van der Waals surface area contributed by atoms with Crippen molar-refractivity contribution < 1.29 is 22.8 Å². The number of para-hydroxylation sites is 1. The Morgan fingerprint density at radius 3 is 2.61 bits per heavy atom. The van der Waals surface area contributed by atoms with Gasteiger partial charge in [0.15, 0.2) is 0 Å². The summed E-state index contributed by atoms with van der Waals surface area (Å²) in [6, 6.07) is 10.2. The van der Waals surface area contributed by atoms with E-state index in [0.29, 0.717) is 41.5 Å². The number of halogens is 3. The number of alkyl halides is 3. The minimum absolute atomic E-state index is 0.0846. The van der Waals surface area contributed by atoms with Crippen LogP contribution in [0.5, 0.6) is 0 Å². The fourth-order valence-corrected chi connectivity index (χ4v) is 5.70. The first-order valence-corrected chi connectivity index (χ1v) is 15.0. The summed E-state index contributed by atoms with van der Waals surface area (Å²) in [6.07, 6.45) is 5.16. The summed E-state index contributed by atoms with van der Waals surface area (Å²) in [5, 5.41) is 6.93. The second-order valence-electron chi connectivity index (χ2n) is 12.1. The summed E-state index contributed by atoms with van der Waals surface area (Å²) in [6.45, 7) is 2.57. The van der Waals surface area contributed by atoms with Crippen LogP contribution in [0.25, 0.3) is 22.2 Å². The van der Waals surface area contributed by atoms with E-state index in [2.05, 4.69) is 30.6 Å². The Kier molecular flexibility index (Phi) is 9.42. The van der Waals surface area contributed by atoms with Crippen LogP contribution in [-0.2, 0) is 11.0 Å². The molecular weight excluding hydrogens is 597 g/mol. The molecule has 1 aromatic carbocycles. The Bertz CT molecular complexity index is 1740. The molecular formula is C33H37F3N8O2. The molecule has 13 heteroatoms. The van der Waals surface area contributed by atoms with Crippen LogP contribution in [0, 0.1) is 0 Å². The largest absolute Gasteiger partial charge is 0.419 e. The van der Waals surface area contributed by atoms with Crippen molar-refractivity contribution in [2.45, 2.75) is 50.4 Å². The SMILES string of the molecule is CN(C)C/C=C/C(=O)N(C)c1ccc(C(=O)N[C@@]2(C)CCC[C@@H](Nc3ncc(C(F)(F)F)c(-c4c[nH]c5ccccc45)n3)C2)nc1. The second kappa shape index (κ2) is 13.3. The third kappa shape index (κ3) is 7.53. The standard InChI is InChI=1S/C33H37F3N8O2/c1-32(42-30(46)27-14-13-22(18-37-27)44(4)28(45)12-8-16-43(2)3)15-7-9-21(17-32)40-31-39-20-25(33(34,35)36)29(41-31)24-19-38-26-11-6-5-10-23(24)26/h5-6,8,10-14,18-21,38H,7,9,15-17H2,1-4H3,(H,42,46)(H,39,40,41)/b12-8+/t21-,32+/m1/s1. The number of fused-ring (bicyclic) bond motifs is 1. The Morgan fingerprint density at radius 2 is 1.89 bits per heavy atom. The monoisotopic (exact) mass is 634 g/mol. The molecule has 1 aliphatic rings. The van der Waals surface area contributed by atoms with Crippen molar-refractivity contribution in [2.75, 3.05) is 37.9 Å². The van der Waals surface area contributed by atoms with Gasteiger partial charge in [-0.25, -0.2) is 15.0 Å². The van der Waals surface area contributed by atoms with Gasteiger partial charge in [0.25, 0.3) is 5.91 Å². The molecule has 46 heavy (non-hydrogen) atoms. The lowest BCUT2D eigenvalue weighted by atomic mass is 9.80. The van der Waals surface area contributed by atoms with Gasteiger partial charge in [0.05, 0.1) is 17.6 Å². The molecule has 10 nitrogen and oxygen atoms in total. The quantitative estimate of drug-likeness (QED) is 0.203. The summed E-state index contributed by atoms with van der Waals surface area (Å²) < 4.78 is 41.9. The number of nitrogens with zero attached hydrogens (tertiary/aromatic N) is 5. The molecule has 2 amide bonds. The average Bonchev–Trinajstić information content (AvgIpc) is 3.44. The van der Waals surface area contributed by atoms with E-state index in [0.717, 1.165) is 19.0 Å². The lowest BCUT2D eigenvalue weighted by Gasteiger charge is -2.39. The van der Waals surface area contributed by atoms with Gasteiger partial charge in [-0.15, -0.1) is 0 Å². The van der Waals surface area contributed by atoms with Crippen LogP contribution in [0.1, 0.15) is 48.7 Å². The van der Waals surface area contributed by atoms with Gasteiger partial charge >= 0.3 is 6.18 Å². The van der Waals surface area contributed by atoms with E-state index in [9.17, 15) is 22.8 Å². The zero-order valence-corrected chi connectivity index (χ0v) is 26.2. The van der Waals surface area contributed by atoms with Crippen LogP contribution in [0.3, 0.4) is 0 Å². The first-order valence-electron chi connectivity index (χ1n) is 15.0. The number of rotatable bonds is 9. The third-order valence-electron chi connectivity index (χ3n) is 8.09. The average molecular weight is 635 g/mol. The number of carbonyl (C=O) groups excluding carboxylic acids is 2. The summed E-state index contributed by atoms with van der Waals surface area (Å²) in [4.78, 5) is 44.7. The van der Waals surface area contributed by atoms with Gasteiger partial charge in [-0.2, -0.15) is 13.2 Å². The van der Waals surface area contributed by atoms with Gasteiger partial charge in [-0.3, -0.25) is 9.59 Å². The third-order valence-corrected chi connectivity index (χ3v) is 8.09.